The van der Waals surface area contributed by atoms with Gasteiger partial charge in [0, 0.05) is 66.5 Å². The minimum atomic E-state index is -0.986. The second-order valence-corrected chi connectivity index (χ2v) is 11.8. The van der Waals surface area contributed by atoms with E-state index in [4.69, 9.17) is 97.5 Å². The van der Waals surface area contributed by atoms with Gasteiger partial charge in [-0.15, -0.1) is 0 Å². The molecule has 4 rings (SSSR count). The van der Waals surface area contributed by atoms with Crippen molar-refractivity contribution >= 4 is 127 Å². The molecule has 0 atom stereocenters. The van der Waals surface area contributed by atoms with Crippen molar-refractivity contribution in [3.63, 3.8) is 0 Å². The first-order valence-corrected chi connectivity index (χ1v) is 16.2. The molecule has 23 heteroatoms. The average Bonchev–Trinajstić information content (AvgIpc) is 3.07. The highest BCUT2D eigenvalue weighted by molar-refractivity contribution is 6.61. The Bertz CT molecular complexity index is 1880. The lowest BCUT2D eigenvalue weighted by Gasteiger charge is -2.04. The Kier molecular flexibility index (Phi) is 31.1. The van der Waals surface area contributed by atoms with Crippen molar-refractivity contribution in [1.82, 2.24) is 0 Å². The molecule has 0 unspecified atom stereocenters. The molecule has 0 aliphatic rings. The molecule has 0 heterocycles. The number of hydrogen-bond donors (Lipinski definition) is 0. The van der Waals surface area contributed by atoms with Crippen LogP contribution in [0.2, 0.25) is 30.1 Å². The van der Waals surface area contributed by atoms with Crippen molar-refractivity contribution < 1.29 is 52.7 Å². The summed E-state index contributed by atoms with van der Waals surface area (Å²) in [5.41, 5.74) is -2.11. The number of hydrogen-bond acceptors (Lipinski definition) is 13. The standard InChI is InChI=1S/C8H5Cl3O2.C8H7NO5.C7H2Cl4O2.C7H4ClNO4.4CH4/c1-4(12)13-8-3-6(10)5(9)2-7(8)11;1-13-8(10)14-7-4-2-6(3-5-7)9(11)12;8-3-1-5(10)6(2-4(3)9)13-7(11)12;8-7(10)13-6-3-1-5(2-4-6)9(11)12;;;;/h2-3H,1H3;2-5H,1H3;1-2H;1-4H;4*1H4. The molecule has 4 aromatic carbocycles. The van der Waals surface area contributed by atoms with E-state index in [2.05, 4.69) is 18.9 Å². The van der Waals surface area contributed by atoms with Gasteiger partial charge in [0.2, 0.25) is 0 Å². The molecule has 57 heavy (non-hydrogen) atoms. The van der Waals surface area contributed by atoms with Gasteiger partial charge in [-0.2, -0.15) is 0 Å². The van der Waals surface area contributed by atoms with Crippen molar-refractivity contribution in [2.75, 3.05) is 7.11 Å². The van der Waals surface area contributed by atoms with Crippen LogP contribution in [0.3, 0.4) is 0 Å². The molecule has 0 fully saturated rings. The second-order valence-electron chi connectivity index (χ2n) is 8.72. The molecule has 0 saturated carbocycles. The monoisotopic (exact) mass is 958 g/mol. The third kappa shape index (κ3) is 23.5. The fraction of sp³-hybridized carbons (Fsp3) is 0.176. The smallest absolute Gasteiger partial charge is 0.437 e. The zero-order valence-corrected chi connectivity index (χ0v) is 32.2. The molecule has 15 nitrogen and oxygen atoms in total. The van der Waals surface area contributed by atoms with Gasteiger partial charge < -0.3 is 23.7 Å². The van der Waals surface area contributed by atoms with Gasteiger partial charge in [0.1, 0.15) is 11.5 Å². The molecule has 0 saturated heterocycles. The third-order valence-electron chi connectivity index (χ3n) is 5.05. The highest BCUT2D eigenvalue weighted by Gasteiger charge is 2.11. The summed E-state index contributed by atoms with van der Waals surface area (Å²) in [4.78, 5) is 61.2. The zero-order valence-electron chi connectivity index (χ0n) is 26.2. The zero-order chi connectivity index (χ0) is 40.4. The largest absolute Gasteiger partial charge is 0.513 e. The van der Waals surface area contributed by atoms with Crippen molar-refractivity contribution in [3.05, 3.63) is 123 Å². The SMILES string of the molecule is C.C.C.C.CC(=O)Oc1cc(Cl)c(Cl)cc1Cl.COC(=O)Oc1ccc([N+](=O)[O-])cc1.O=C(Cl)Oc1cc(Cl)c(Cl)cc1Cl.O=C(Cl)Oc1ccc([N+](=O)[O-])cc1. The molecule has 0 spiro atoms. The van der Waals surface area contributed by atoms with Gasteiger partial charge in [-0.25, -0.2) is 14.4 Å². The summed E-state index contributed by atoms with van der Waals surface area (Å²) in [6, 6.07) is 15.6. The average molecular weight is 962 g/mol. The van der Waals surface area contributed by atoms with Gasteiger partial charge in [0.05, 0.1) is 47.1 Å². The van der Waals surface area contributed by atoms with Gasteiger partial charge >= 0.3 is 23.0 Å². The lowest BCUT2D eigenvalue weighted by molar-refractivity contribution is -0.385. The number of carbonyl (C=O) groups excluding carboxylic acids is 4. The maximum atomic E-state index is 10.6. The normalized spacial score (nSPS) is 8.88. The molecule has 0 aliphatic carbocycles. The number of carbonyl (C=O) groups is 4. The highest BCUT2D eigenvalue weighted by Crippen LogP contribution is 2.35. The molecule has 0 aliphatic heterocycles. The minimum absolute atomic E-state index is 0. The van der Waals surface area contributed by atoms with E-state index in [0.29, 0.717) is 10.0 Å². The Morgan fingerprint density at radius 3 is 1.12 bits per heavy atom. The molecule has 4 aromatic rings. The van der Waals surface area contributed by atoms with Crippen LogP contribution in [0.4, 0.5) is 25.8 Å². The fourth-order valence-electron chi connectivity index (χ4n) is 2.91. The number of nitro benzene ring substituents is 2. The second kappa shape index (κ2) is 29.9. The quantitative estimate of drug-likeness (QED) is 0.0336. The van der Waals surface area contributed by atoms with Crippen molar-refractivity contribution in [2.45, 2.75) is 36.6 Å². The first-order chi connectivity index (χ1) is 24.7. The van der Waals surface area contributed by atoms with Crippen LogP contribution in [0.15, 0.2) is 72.8 Å². The predicted octanol–water partition coefficient (Wildman–Crippen LogP) is 14.6. The van der Waals surface area contributed by atoms with E-state index >= 15 is 0 Å². The number of methoxy groups -OCH3 is 1. The van der Waals surface area contributed by atoms with Crippen LogP contribution in [-0.4, -0.2) is 39.9 Å². The number of nitro groups is 2. The lowest BCUT2D eigenvalue weighted by atomic mass is 10.3. The molecular weight excluding hydrogens is 928 g/mol. The van der Waals surface area contributed by atoms with Crippen LogP contribution < -0.4 is 18.9 Å². The topological polar surface area (TPSA) is 201 Å². The maximum absolute atomic E-state index is 10.6. The summed E-state index contributed by atoms with van der Waals surface area (Å²) in [7, 11) is 1.17. The Morgan fingerprint density at radius 2 is 0.825 bits per heavy atom. The van der Waals surface area contributed by atoms with Crippen LogP contribution >= 0.6 is 92.8 Å². The molecule has 0 bridgehead atoms. The Hall–Kier alpha value is -4.32. The molecule has 0 N–H and O–H groups in total. The first kappa shape index (κ1) is 59.4. The maximum Gasteiger partial charge on any atom is 0.513 e. The van der Waals surface area contributed by atoms with Gasteiger partial charge in [0.25, 0.3) is 11.4 Å². The third-order valence-corrected chi connectivity index (χ3v) is 7.24. The van der Waals surface area contributed by atoms with E-state index in [1.54, 1.807) is 0 Å². The Balaban J connectivity index is -0.000000321. The van der Waals surface area contributed by atoms with Crippen LogP contribution in [-0.2, 0) is 9.53 Å². The van der Waals surface area contributed by atoms with E-state index < -0.39 is 32.8 Å². The van der Waals surface area contributed by atoms with E-state index in [9.17, 15) is 39.4 Å². The van der Waals surface area contributed by atoms with Gasteiger partial charge in [-0.1, -0.05) is 99.3 Å². The predicted molar refractivity (Wildman–Crippen MR) is 224 cm³/mol. The molecule has 0 amide bonds. The van der Waals surface area contributed by atoms with Crippen LogP contribution in [0.25, 0.3) is 0 Å². The summed E-state index contributed by atoms with van der Waals surface area (Å²) >= 11 is 43.9. The van der Waals surface area contributed by atoms with Crippen LogP contribution in [0, 0.1) is 20.2 Å². The summed E-state index contributed by atoms with van der Waals surface area (Å²) in [5.74, 6) is 0.202. The number of non-ortho nitro benzene ring substituents is 2. The number of ether oxygens (including phenoxy) is 5. The first-order valence-electron chi connectivity index (χ1n) is 13.2. The van der Waals surface area contributed by atoms with Gasteiger partial charge in [-0.3, -0.25) is 25.0 Å². The van der Waals surface area contributed by atoms with Gasteiger partial charge in [-0.05, 0) is 36.4 Å². The Morgan fingerprint density at radius 1 is 0.509 bits per heavy atom. The fourth-order valence-corrected chi connectivity index (χ4v) is 4.23. The van der Waals surface area contributed by atoms with Crippen molar-refractivity contribution in [3.8, 4) is 23.0 Å². The molecule has 314 valence electrons. The number of nitrogens with zero attached hydrogens (tertiary/aromatic N) is 2. The van der Waals surface area contributed by atoms with E-state index in [0.717, 1.165) is 0 Å². The lowest BCUT2D eigenvalue weighted by Crippen LogP contribution is -2.06. The number of benzene rings is 4. The van der Waals surface area contributed by atoms with E-state index in [1.165, 1.54) is 86.8 Å². The van der Waals surface area contributed by atoms with Crippen molar-refractivity contribution in [2.24, 2.45) is 0 Å². The number of esters is 1. The summed E-state index contributed by atoms with van der Waals surface area (Å²) in [6.45, 7) is 1.28. The summed E-state index contributed by atoms with van der Waals surface area (Å²) in [6.07, 6.45) is -0.862. The van der Waals surface area contributed by atoms with Crippen LogP contribution in [0.1, 0.15) is 36.6 Å². The number of halogens is 8. The molecular formula is C34H34Cl8N2O13. The van der Waals surface area contributed by atoms with Gasteiger partial charge in [0.15, 0.2) is 11.5 Å². The number of rotatable bonds is 6. The van der Waals surface area contributed by atoms with Crippen LogP contribution in [0.5, 0.6) is 23.0 Å². The summed E-state index contributed by atoms with van der Waals surface area (Å²) in [5, 5.41) is 22.0. The molecule has 0 aromatic heterocycles. The summed E-state index contributed by atoms with van der Waals surface area (Å²) < 4.78 is 22.6. The molecule has 0 radical (unpaired) electrons. The van der Waals surface area contributed by atoms with E-state index in [1.807, 2.05) is 0 Å². The van der Waals surface area contributed by atoms with Crippen molar-refractivity contribution in [1.29, 1.82) is 0 Å². The Labute approximate surface area is 367 Å². The minimum Gasteiger partial charge on any atom is -0.437 e. The highest BCUT2D eigenvalue weighted by atomic mass is 35.5. The van der Waals surface area contributed by atoms with E-state index in [-0.39, 0.29) is 84.2 Å².